The molecule has 0 spiro atoms. The highest BCUT2D eigenvalue weighted by Crippen LogP contribution is 1.95. The van der Waals surface area contributed by atoms with E-state index in [9.17, 15) is 9.59 Å². The molecule has 0 aliphatic carbocycles. The molecule has 1 fully saturated rings. The summed E-state index contributed by atoms with van der Waals surface area (Å²) in [6.07, 6.45) is -1.14. The number of hydrogen-bond acceptors (Lipinski definition) is 4. The van der Waals surface area contributed by atoms with Crippen molar-refractivity contribution >= 4 is 11.9 Å². The first kappa shape index (κ1) is 6.03. The topological polar surface area (TPSA) is 75.6 Å². The Bertz CT molecular complexity index is 155. The van der Waals surface area contributed by atoms with Gasteiger partial charge in [0.15, 0.2) is 0 Å². The van der Waals surface area contributed by atoms with Crippen molar-refractivity contribution in [2.24, 2.45) is 0 Å². The van der Waals surface area contributed by atoms with Crippen LogP contribution in [-0.2, 0) is 14.3 Å². The molecule has 5 heteroatoms. The Labute approximate surface area is 50.6 Å². The quantitative estimate of drug-likeness (QED) is 0.425. The SMILES string of the molecule is O=C1CNC(C(=O)O)O1. The molecule has 0 radical (unpaired) electrons. The summed E-state index contributed by atoms with van der Waals surface area (Å²) in [6, 6.07) is 0. The highest BCUT2D eigenvalue weighted by molar-refractivity contribution is 5.82. The Morgan fingerprint density at radius 1 is 1.89 bits per heavy atom. The zero-order valence-electron chi connectivity index (χ0n) is 4.46. The van der Waals surface area contributed by atoms with Gasteiger partial charge in [0.2, 0.25) is 0 Å². The number of cyclic esters (lactones) is 1. The zero-order valence-corrected chi connectivity index (χ0v) is 4.46. The van der Waals surface area contributed by atoms with Crippen LogP contribution >= 0.6 is 0 Å². The summed E-state index contributed by atoms with van der Waals surface area (Å²) in [4.78, 5) is 20.2. The van der Waals surface area contributed by atoms with E-state index in [1.54, 1.807) is 0 Å². The lowest BCUT2D eigenvalue weighted by Crippen LogP contribution is -2.31. The van der Waals surface area contributed by atoms with Crippen LogP contribution in [-0.4, -0.2) is 29.8 Å². The lowest BCUT2D eigenvalue weighted by Gasteiger charge is -1.99. The van der Waals surface area contributed by atoms with Crippen molar-refractivity contribution in [3.63, 3.8) is 0 Å². The Morgan fingerprint density at radius 2 is 2.56 bits per heavy atom. The maximum Gasteiger partial charge on any atom is 0.360 e. The van der Waals surface area contributed by atoms with E-state index in [-0.39, 0.29) is 6.54 Å². The highest BCUT2D eigenvalue weighted by Gasteiger charge is 2.28. The fraction of sp³-hybridized carbons (Fsp3) is 0.500. The molecule has 1 saturated heterocycles. The van der Waals surface area contributed by atoms with E-state index < -0.39 is 18.2 Å². The van der Waals surface area contributed by atoms with E-state index in [4.69, 9.17) is 5.11 Å². The molecule has 1 rings (SSSR count). The minimum atomic E-state index is -1.17. The minimum Gasteiger partial charge on any atom is -0.477 e. The third-order valence-corrected chi connectivity index (χ3v) is 0.905. The summed E-state index contributed by atoms with van der Waals surface area (Å²) in [7, 11) is 0. The highest BCUT2D eigenvalue weighted by atomic mass is 16.6. The predicted octanol–water partition coefficient (Wildman–Crippen LogP) is -1.46. The van der Waals surface area contributed by atoms with Crippen LogP contribution in [0.1, 0.15) is 0 Å². The third-order valence-electron chi connectivity index (χ3n) is 0.905. The predicted molar refractivity (Wildman–Crippen MR) is 25.5 cm³/mol. The van der Waals surface area contributed by atoms with Crippen LogP contribution in [0.25, 0.3) is 0 Å². The molecular weight excluding hydrogens is 126 g/mol. The van der Waals surface area contributed by atoms with Crippen LogP contribution in [0.15, 0.2) is 0 Å². The van der Waals surface area contributed by atoms with E-state index in [0.29, 0.717) is 0 Å². The van der Waals surface area contributed by atoms with Gasteiger partial charge in [-0.15, -0.1) is 0 Å². The molecule has 5 nitrogen and oxygen atoms in total. The number of carboxylic acid groups (broad SMARTS) is 1. The van der Waals surface area contributed by atoms with Crippen LogP contribution in [0.5, 0.6) is 0 Å². The van der Waals surface area contributed by atoms with E-state index in [1.165, 1.54) is 0 Å². The monoisotopic (exact) mass is 131 g/mol. The van der Waals surface area contributed by atoms with Crippen LogP contribution in [0, 0.1) is 0 Å². The standard InChI is InChI=1S/C4H5NO4/c6-2-1-5-3(9-2)4(7)8/h3,5H,1H2,(H,7,8). The van der Waals surface area contributed by atoms with Crippen LogP contribution in [0.3, 0.4) is 0 Å². The minimum absolute atomic E-state index is 0.0169. The second-order valence-corrected chi connectivity index (χ2v) is 1.59. The molecule has 0 bridgehead atoms. The molecule has 0 aromatic heterocycles. The second-order valence-electron chi connectivity index (χ2n) is 1.59. The Balaban J connectivity index is 2.48. The van der Waals surface area contributed by atoms with Crippen molar-refractivity contribution in [1.82, 2.24) is 5.32 Å². The van der Waals surface area contributed by atoms with Crippen molar-refractivity contribution in [2.45, 2.75) is 6.23 Å². The molecule has 0 aromatic carbocycles. The van der Waals surface area contributed by atoms with Gasteiger partial charge < -0.3 is 9.84 Å². The molecule has 50 valence electrons. The number of nitrogens with one attached hydrogen (secondary N) is 1. The van der Waals surface area contributed by atoms with Gasteiger partial charge in [0.05, 0.1) is 6.54 Å². The van der Waals surface area contributed by atoms with Crippen molar-refractivity contribution in [3.05, 3.63) is 0 Å². The number of hydrogen-bond donors (Lipinski definition) is 2. The van der Waals surface area contributed by atoms with E-state index in [1.807, 2.05) is 0 Å². The number of ether oxygens (including phenoxy) is 1. The van der Waals surface area contributed by atoms with Crippen molar-refractivity contribution in [3.8, 4) is 0 Å². The van der Waals surface area contributed by atoms with Crippen LogP contribution < -0.4 is 5.32 Å². The maximum absolute atomic E-state index is 10.2. The van der Waals surface area contributed by atoms with Gasteiger partial charge in [-0.25, -0.2) is 4.79 Å². The number of carbonyl (C=O) groups is 2. The fourth-order valence-electron chi connectivity index (χ4n) is 0.529. The van der Waals surface area contributed by atoms with Gasteiger partial charge >= 0.3 is 11.9 Å². The van der Waals surface area contributed by atoms with Gasteiger partial charge in [-0.2, -0.15) is 0 Å². The number of esters is 1. The van der Waals surface area contributed by atoms with Crippen molar-refractivity contribution in [2.75, 3.05) is 6.54 Å². The average Bonchev–Trinajstić information content (AvgIpc) is 2.14. The first-order valence-corrected chi connectivity index (χ1v) is 2.36. The Hall–Kier alpha value is -1.10. The fourth-order valence-corrected chi connectivity index (χ4v) is 0.529. The lowest BCUT2D eigenvalue weighted by molar-refractivity contribution is -0.157. The largest absolute Gasteiger partial charge is 0.477 e. The summed E-state index contributed by atoms with van der Waals surface area (Å²) in [6.45, 7) is -0.0169. The number of rotatable bonds is 1. The van der Waals surface area contributed by atoms with E-state index in [0.717, 1.165) is 0 Å². The van der Waals surface area contributed by atoms with E-state index >= 15 is 0 Å². The van der Waals surface area contributed by atoms with Gasteiger partial charge in [0.1, 0.15) is 0 Å². The van der Waals surface area contributed by atoms with Gasteiger partial charge in [-0.05, 0) is 0 Å². The average molecular weight is 131 g/mol. The third kappa shape index (κ3) is 1.17. The first-order chi connectivity index (χ1) is 4.20. The van der Waals surface area contributed by atoms with Crippen LogP contribution in [0.4, 0.5) is 0 Å². The molecule has 0 aromatic rings. The van der Waals surface area contributed by atoms with Crippen molar-refractivity contribution in [1.29, 1.82) is 0 Å². The molecule has 1 unspecified atom stereocenters. The molecule has 2 N–H and O–H groups in total. The zero-order chi connectivity index (χ0) is 6.85. The summed E-state index contributed by atoms with van der Waals surface area (Å²) in [5.41, 5.74) is 0. The smallest absolute Gasteiger partial charge is 0.360 e. The lowest BCUT2D eigenvalue weighted by atomic mass is 10.6. The maximum atomic E-state index is 10.2. The van der Waals surface area contributed by atoms with Crippen LogP contribution in [0.2, 0.25) is 0 Å². The normalized spacial score (nSPS) is 25.8. The first-order valence-electron chi connectivity index (χ1n) is 2.36. The molecule has 0 saturated carbocycles. The summed E-state index contributed by atoms with van der Waals surface area (Å²) < 4.78 is 4.27. The molecule has 1 atom stereocenters. The van der Waals surface area contributed by atoms with Gasteiger partial charge in [-0.1, -0.05) is 0 Å². The number of carbonyl (C=O) groups excluding carboxylic acids is 1. The Morgan fingerprint density at radius 3 is 2.78 bits per heavy atom. The second kappa shape index (κ2) is 2.02. The van der Waals surface area contributed by atoms with Gasteiger partial charge in [0, 0.05) is 0 Å². The molecule has 1 aliphatic rings. The van der Waals surface area contributed by atoms with E-state index in [2.05, 4.69) is 10.1 Å². The molecule has 0 amide bonds. The number of aliphatic carboxylic acids is 1. The van der Waals surface area contributed by atoms with Crippen molar-refractivity contribution < 1.29 is 19.4 Å². The molecular formula is C4H5NO4. The summed E-state index contributed by atoms with van der Waals surface area (Å²) >= 11 is 0. The summed E-state index contributed by atoms with van der Waals surface area (Å²) in [5.74, 6) is -1.69. The summed E-state index contributed by atoms with van der Waals surface area (Å²) in [5, 5.41) is 10.5. The molecule has 1 aliphatic heterocycles. The van der Waals surface area contributed by atoms with Gasteiger partial charge in [0.25, 0.3) is 6.23 Å². The molecule has 1 heterocycles. The molecule has 9 heavy (non-hydrogen) atoms. The number of carboxylic acids is 1. The van der Waals surface area contributed by atoms with Gasteiger partial charge in [-0.3, -0.25) is 10.1 Å². The Kier molecular flexibility index (Phi) is 1.35.